The highest BCUT2D eigenvalue weighted by atomic mass is 79.9. The average Bonchev–Trinajstić information content (AvgIpc) is 2.47. The minimum atomic E-state index is 0.433. The lowest BCUT2D eigenvalue weighted by Gasteiger charge is -2.14. The molecule has 0 unspecified atom stereocenters. The summed E-state index contributed by atoms with van der Waals surface area (Å²) in [7, 11) is 3.27. The van der Waals surface area contributed by atoms with E-state index < -0.39 is 0 Å². The molecule has 0 saturated heterocycles. The second-order valence-electron chi connectivity index (χ2n) is 4.05. The van der Waals surface area contributed by atoms with Crippen molar-refractivity contribution < 1.29 is 18.9 Å². The number of rotatable bonds is 10. The SMILES string of the molecule is COCCOCCCOc1c(Br)cc(CCl)cc1OC. The fourth-order valence-electron chi connectivity index (χ4n) is 1.57. The summed E-state index contributed by atoms with van der Waals surface area (Å²) in [6.07, 6.45) is 0.802. The minimum absolute atomic E-state index is 0.433. The van der Waals surface area contributed by atoms with Gasteiger partial charge in [0.25, 0.3) is 0 Å². The first-order valence-corrected chi connectivity index (χ1v) is 7.67. The van der Waals surface area contributed by atoms with Crippen LogP contribution in [0.4, 0.5) is 0 Å². The Bertz CT molecular complexity index is 401. The van der Waals surface area contributed by atoms with Gasteiger partial charge in [0, 0.05) is 26.0 Å². The van der Waals surface area contributed by atoms with Gasteiger partial charge in [0.15, 0.2) is 11.5 Å². The van der Waals surface area contributed by atoms with E-state index in [2.05, 4.69) is 15.9 Å². The molecular weight excluding hydrogens is 348 g/mol. The van der Waals surface area contributed by atoms with E-state index in [1.807, 2.05) is 12.1 Å². The van der Waals surface area contributed by atoms with Gasteiger partial charge in [0.2, 0.25) is 0 Å². The fraction of sp³-hybridized carbons (Fsp3) is 0.571. The first kappa shape index (κ1) is 17.6. The predicted octanol–water partition coefficient (Wildman–Crippen LogP) is 3.63. The molecular formula is C14H20BrClO4. The van der Waals surface area contributed by atoms with E-state index in [0.717, 1.165) is 16.5 Å². The van der Waals surface area contributed by atoms with Crippen LogP contribution in [0, 0.1) is 0 Å². The van der Waals surface area contributed by atoms with E-state index in [0.29, 0.717) is 43.8 Å². The van der Waals surface area contributed by atoms with Crippen molar-refractivity contribution in [2.75, 3.05) is 40.6 Å². The van der Waals surface area contributed by atoms with E-state index in [4.69, 9.17) is 30.5 Å². The Hall–Kier alpha value is -0.490. The molecule has 0 radical (unpaired) electrons. The van der Waals surface area contributed by atoms with Crippen molar-refractivity contribution in [1.29, 1.82) is 0 Å². The van der Waals surface area contributed by atoms with Crippen molar-refractivity contribution in [3.05, 3.63) is 22.2 Å². The molecule has 0 amide bonds. The normalized spacial score (nSPS) is 10.6. The molecule has 0 heterocycles. The van der Waals surface area contributed by atoms with Gasteiger partial charge in [-0.05, 0) is 33.6 Å². The summed E-state index contributed by atoms with van der Waals surface area (Å²) < 4.78 is 22.2. The summed E-state index contributed by atoms with van der Waals surface area (Å²) in [5.74, 6) is 1.80. The van der Waals surface area contributed by atoms with Crippen molar-refractivity contribution in [3.8, 4) is 11.5 Å². The Kier molecular flexibility index (Phi) is 9.02. The number of benzene rings is 1. The molecule has 114 valence electrons. The van der Waals surface area contributed by atoms with Crippen LogP contribution < -0.4 is 9.47 Å². The number of alkyl halides is 1. The molecule has 0 bridgehead atoms. The Morgan fingerprint density at radius 2 is 1.90 bits per heavy atom. The van der Waals surface area contributed by atoms with Crippen molar-refractivity contribution in [1.82, 2.24) is 0 Å². The van der Waals surface area contributed by atoms with Gasteiger partial charge in [0.1, 0.15) is 0 Å². The topological polar surface area (TPSA) is 36.9 Å². The first-order valence-electron chi connectivity index (χ1n) is 6.34. The first-order chi connectivity index (χ1) is 9.72. The van der Waals surface area contributed by atoms with Crippen molar-refractivity contribution >= 4 is 27.5 Å². The molecule has 0 spiro atoms. The third-order valence-electron chi connectivity index (χ3n) is 2.55. The molecule has 1 aromatic carbocycles. The van der Waals surface area contributed by atoms with Gasteiger partial charge >= 0.3 is 0 Å². The monoisotopic (exact) mass is 366 g/mol. The zero-order chi connectivity index (χ0) is 14.8. The van der Waals surface area contributed by atoms with Gasteiger partial charge in [-0.25, -0.2) is 0 Å². The smallest absolute Gasteiger partial charge is 0.175 e. The summed E-state index contributed by atoms with van der Waals surface area (Å²) in [6.45, 7) is 2.42. The van der Waals surface area contributed by atoms with Crippen LogP contribution in [0.1, 0.15) is 12.0 Å². The van der Waals surface area contributed by atoms with Crippen molar-refractivity contribution in [3.63, 3.8) is 0 Å². The largest absolute Gasteiger partial charge is 0.493 e. The maximum absolute atomic E-state index is 5.82. The molecule has 0 aromatic heterocycles. The second kappa shape index (κ2) is 10.3. The van der Waals surface area contributed by atoms with Crippen LogP contribution in [0.15, 0.2) is 16.6 Å². The molecule has 1 rings (SSSR count). The molecule has 20 heavy (non-hydrogen) atoms. The number of halogens is 2. The van der Waals surface area contributed by atoms with Crippen LogP contribution in [0.2, 0.25) is 0 Å². The fourth-order valence-corrected chi connectivity index (χ4v) is 2.33. The maximum Gasteiger partial charge on any atom is 0.175 e. The quantitative estimate of drug-likeness (QED) is 0.467. The Labute approximate surface area is 133 Å². The summed E-state index contributed by atoms with van der Waals surface area (Å²) >= 11 is 9.30. The summed E-state index contributed by atoms with van der Waals surface area (Å²) in [4.78, 5) is 0. The third kappa shape index (κ3) is 5.87. The molecule has 0 atom stereocenters. The van der Waals surface area contributed by atoms with Gasteiger partial charge < -0.3 is 18.9 Å². The maximum atomic E-state index is 5.82. The third-order valence-corrected chi connectivity index (χ3v) is 3.45. The van der Waals surface area contributed by atoms with Crippen molar-refractivity contribution in [2.45, 2.75) is 12.3 Å². The minimum Gasteiger partial charge on any atom is -0.493 e. The zero-order valence-corrected chi connectivity index (χ0v) is 14.1. The lowest BCUT2D eigenvalue weighted by molar-refractivity contribution is 0.0642. The Balaban J connectivity index is 2.43. The van der Waals surface area contributed by atoms with Gasteiger partial charge in [-0.15, -0.1) is 11.6 Å². The highest BCUT2D eigenvalue weighted by Crippen LogP contribution is 2.37. The van der Waals surface area contributed by atoms with Gasteiger partial charge in [-0.3, -0.25) is 0 Å². The van der Waals surface area contributed by atoms with Gasteiger partial charge in [-0.1, -0.05) is 0 Å². The Morgan fingerprint density at radius 1 is 1.10 bits per heavy atom. The molecule has 1 aromatic rings. The number of hydrogen-bond donors (Lipinski definition) is 0. The number of methoxy groups -OCH3 is 2. The molecule has 0 aliphatic heterocycles. The number of hydrogen-bond acceptors (Lipinski definition) is 4. The highest BCUT2D eigenvalue weighted by molar-refractivity contribution is 9.10. The van der Waals surface area contributed by atoms with E-state index in [9.17, 15) is 0 Å². The van der Waals surface area contributed by atoms with E-state index in [1.165, 1.54) is 0 Å². The molecule has 0 N–H and O–H groups in total. The lowest BCUT2D eigenvalue weighted by Crippen LogP contribution is -2.07. The summed E-state index contributed by atoms with van der Waals surface area (Å²) in [6, 6.07) is 3.81. The van der Waals surface area contributed by atoms with E-state index >= 15 is 0 Å². The lowest BCUT2D eigenvalue weighted by atomic mass is 10.2. The molecule has 0 fully saturated rings. The average molecular weight is 368 g/mol. The molecule has 0 saturated carbocycles. The highest BCUT2D eigenvalue weighted by Gasteiger charge is 2.11. The Morgan fingerprint density at radius 3 is 2.55 bits per heavy atom. The molecule has 0 aliphatic carbocycles. The van der Waals surface area contributed by atoms with Crippen LogP contribution in [0.25, 0.3) is 0 Å². The zero-order valence-electron chi connectivity index (χ0n) is 11.8. The van der Waals surface area contributed by atoms with Crippen LogP contribution in [-0.2, 0) is 15.4 Å². The molecule has 4 nitrogen and oxygen atoms in total. The van der Waals surface area contributed by atoms with Crippen molar-refractivity contribution in [2.24, 2.45) is 0 Å². The van der Waals surface area contributed by atoms with E-state index in [1.54, 1.807) is 14.2 Å². The summed E-state index contributed by atoms with van der Waals surface area (Å²) in [5, 5.41) is 0. The van der Waals surface area contributed by atoms with Gasteiger partial charge in [0.05, 0.1) is 31.4 Å². The van der Waals surface area contributed by atoms with E-state index in [-0.39, 0.29) is 0 Å². The van der Waals surface area contributed by atoms with Crippen LogP contribution in [0.5, 0.6) is 11.5 Å². The number of ether oxygens (including phenoxy) is 4. The second-order valence-corrected chi connectivity index (χ2v) is 5.17. The van der Waals surface area contributed by atoms with Crippen LogP contribution in [-0.4, -0.2) is 40.6 Å². The standard InChI is InChI=1S/C14H20BrClO4/c1-17-6-7-19-4-3-5-20-14-12(15)8-11(10-16)9-13(14)18-2/h8-9H,3-7,10H2,1-2H3. The predicted molar refractivity (Wildman–Crippen MR) is 83.1 cm³/mol. The van der Waals surface area contributed by atoms with Crippen LogP contribution >= 0.6 is 27.5 Å². The molecule has 6 heteroatoms. The molecule has 0 aliphatic rings. The van der Waals surface area contributed by atoms with Gasteiger partial charge in [-0.2, -0.15) is 0 Å². The summed E-state index contributed by atoms with van der Waals surface area (Å²) in [5.41, 5.74) is 0.977. The van der Waals surface area contributed by atoms with Crippen LogP contribution in [0.3, 0.4) is 0 Å².